The molecule has 14 heavy (non-hydrogen) atoms. The number of carbonyl (C=O) groups is 1. The number of hydrogen-bond acceptors (Lipinski definition) is 3. The van der Waals surface area contributed by atoms with E-state index in [1.807, 2.05) is 24.3 Å². The first-order valence-corrected chi connectivity index (χ1v) is 4.38. The van der Waals surface area contributed by atoms with Crippen LogP contribution in [0.5, 0.6) is 0 Å². The van der Waals surface area contributed by atoms with Gasteiger partial charge in [-0.25, -0.2) is 4.79 Å². The second-order valence-electron chi connectivity index (χ2n) is 3.19. The van der Waals surface area contributed by atoms with E-state index in [1.54, 1.807) is 6.92 Å². The summed E-state index contributed by atoms with van der Waals surface area (Å²) in [4.78, 5) is 10.4. The maximum Gasteiger partial charge on any atom is 0.404 e. The summed E-state index contributed by atoms with van der Waals surface area (Å²) in [5, 5.41) is 0. The van der Waals surface area contributed by atoms with E-state index >= 15 is 0 Å². The van der Waals surface area contributed by atoms with E-state index in [4.69, 9.17) is 16.2 Å². The van der Waals surface area contributed by atoms with Crippen molar-refractivity contribution < 1.29 is 9.53 Å². The summed E-state index contributed by atoms with van der Waals surface area (Å²) >= 11 is 0. The van der Waals surface area contributed by atoms with E-state index in [1.165, 1.54) is 0 Å². The Balaban J connectivity index is 2.51. The highest BCUT2D eigenvalue weighted by Crippen LogP contribution is 2.09. The zero-order valence-corrected chi connectivity index (χ0v) is 8.07. The summed E-state index contributed by atoms with van der Waals surface area (Å²) in [6.07, 6.45) is -0.312. The molecular weight excluding hydrogens is 180 g/mol. The van der Waals surface area contributed by atoms with Crippen LogP contribution >= 0.6 is 0 Å². The first kappa shape index (κ1) is 10.4. The van der Waals surface area contributed by atoms with E-state index in [0.29, 0.717) is 6.42 Å². The van der Waals surface area contributed by atoms with Crippen LogP contribution in [-0.2, 0) is 11.2 Å². The molecule has 4 nitrogen and oxygen atoms in total. The lowest BCUT2D eigenvalue weighted by molar-refractivity contribution is 0.116. The molecule has 0 radical (unpaired) electrons. The number of carbonyl (C=O) groups excluding carboxylic acids is 1. The van der Waals surface area contributed by atoms with Crippen LogP contribution in [0.25, 0.3) is 0 Å². The molecule has 0 saturated carbocycles. The van der Waals surface area contributed by atoms with Gasteiger partial charge in [0.25, 0.3) is 0 Å². The third kappa shape index (κ3) is 3.35. The Bertz CT molecular complexity index is 308. The molecule has 0 bridgehead atoms. The SMILES string of the molecule is CC(Cc1ccc(N)cc1)OC(N)=O. The molecule has 1 atom stereocenters. The summed E-state index contributed by atoms with van der Waals surface area (Å²) in [6.45, 7) is 1.79. The van der Waals surface area contributed by atoms with Crippen LogP contribution in [0.4, 0.5) is 10.5 Å². The van der Waals surface area contributed by atoms with Crippen LogP contribution in [0.15, 0.2) is 24.3 Å². The molecule has 4 N–H and O–H groups in total. The highest BCUT2D eigenvalue weighted by Gasteiger charge is 2.06. The Morgan fingerprint density at radius 2 is 2.00 bits per heavy atom. The Morgan fingerprint density at radius 3 is 2.50 bits per heavy atom. The van der Waals surface area contributed by atoms with Crippen LogP contribution in [0.2, 0.25) is 0 Å². The van der Waals surface area contributed by atoms with Crippen LogP contribution < -0.4 is 11.5 Å². The predicted octanol–water partition coefficient (Wildman–Crippen LogP) is 1.30. The smallest absolute Gasteiger partial charge is 0.404 e. The minimum absolute atomic E-state index is 0.212. The summed E-state index contributed by atoms with van der Waals surface area (Å²) in [5.74, 6) is 0. The number of anilines is 1. The van der Waals surface area contributed by atoms with Crippen molar-refractivity contribution in [2.45, 2.75) is 19.4 Å². The van der Waals surface area contributed by atoms with Crippen LogP contribution in [-0.4, -0.2) is 12.2 Å². The summed E-state index contributed by atoms with van der Waals surface area (Å²) in [6, 6.07) is 7.42. The van der Waals surface area contributed by atoms with E-state index in [0.717, 1.165) is 11.3 Å². The van der Waals surface area contributed by atoms with Crippen molar-refractivity contribution in [3.8, 4) is 0 Å². The van der Waals surface area contributed by atoms with Gasteiger partial charge in [-0.2, -0.15) is 0 Å². The van der Waals surface area contributed by atoms with Crippen LogP contribution in [0.1, 0.15) is 12.5 Å². The molecule has 1 amide bonds. The largest absolute Gasteiger partial charge is 0.446 e. The van der Waals surface area contributed by atoms with Crippen molar-refractivity contribution in [3.05, 3.63) is 29.8 Å². The highest BCUT2D eigenvalue weighted by atomic mass is 16.6. The molecule has 0 spiro atoms. The van der Waals surface area contributed by atoms with Crippen LogP contribution in [0, 0.1) is 0 Å². The van der Waals surface area contributed by atoms with Gasteiger partial charge in [0.15, 0.2) is 0 Å². The van der Waals surface area contributed by atoms with Gasteiger partial charge in [0.05, 0.1) is 0 Å². The summed E-state index contributed by atoms with van der Waals surface area (Å²) in [5.41, 5.74) is 12.2. The molecule has 0 heterocycles. The molecule has 1 aromatic rings. The summed E-state index contributed by atoms with van der Waals surface area (Å²) < 4.78 is 4.79. The van der Waals surface area contributed by atoms with Crippen molar-refractivity contribution in [1.29, 1.82) is 0 Å². The van der Waals surface area contributed by atoms with E-state index in [-0.39, 0.29) is 6.10 Å². The van der Waals surface area contributed by atoms with E-state index in [2.05, 4.69) is 0 Å². The number of nitrogens with two attached hydrogens (primary N) is 2. The average Bonchev–Trinajstić information content (AvgIpc) is 2.07. The molecule has 0 saturated heterocycles. The van der Waals surface area contributed by atoms with E-state index in [9.17, 15) is 4.79 Å². The minimum Gasteiger partial charge on any atom is -0.446 e. The van der Waals surface area contributed by atoms with Crippen LogP contribution in [0.3, 0.4) is 0 Å². The third-order valence-electron chi connectivity index (χ3n) is 1.82. The summed E-state index contributed by atoms with van der Waals surface area (Å²) in [7, 11) is 0. The molecular formula is C10H14N2O2. The monoisotopic (exact) mass is 194 g/mol. The van der Waals surface area contributed by atoms with Crippen molar-refractivity contribution in [2.75, 3.05) is 5.73 Å². The maximum absolute atomic E-state index is 10.4. The van der Waals surface area contributed by atoms with Crippen molar-refractivity contribution in [1.82, 2.24) is 0 Å². The molecule has 4 heteroatoms. The Kier molecular flexibility index (Phi) is 3.34. The number of hydrogen-bond donors (Lipinski definition) is 2. The topological polar surface area (TPSA) is 78.3 Å². The quantitative estimate of drug-likeness (QED) is 0.712. The third-order valence-corrected chi connectivity index (χ3v) is 1.82. The maximum atomic E-state index is 10.4. The second kappa shape index (κ2) is 4.50. The number of benzene rings is 1. The Hall–Kier alpha value is -1.71. The average molecular weight is 194 g/mol. The Morgan fingerprint density at radius 1 is 1.43 bits per heavy atom. The molecule has 76 valence electrons. The zero-order chi connectivity index (χ0) is 10.6. The lowest BCUT2D eigenvalue weighted by Crippen LogP contribution is -2.21. The predicted molar refractivity (Wildman–Crippen MR) is 54.7 cm³/mol. The van der Waals surface area contributed by atoms with Gasteiger partial charge in [-0.3, -0.25) is 0 Å². The van der Waals surface area contributed by atoms with Gasteiger partial charge in [-0.1, -0.05) is 12.1 Å². The van der Waals surface area contributed by atoms with Gasteiger partial charge < -0.3 is 16.2 Å². The zero-order valence-electron chi connectivity index (χ0n) is 8.07. The fourth-order valence-corrected chi connectivity index (χ4v) is 1.23. The highest BCUT2D eigenvalue weighted by molar-refractivity contribution is 5.64. The first-order chi connectivity index (χ1) is 6.58. The molecule has 0 aliphatic carbocycles. The van der Waals surface area contributed by atoms with Gasteiger partial charge in [-0.05, 0) is 24.6 Å². The molecule has 0 aliphatic rings. The Labute approximate surface area is 82.8 Å². The minimum atomic E-state index is -0.743. The number of primary amides is 1. The van der Waals surface area contributed by atoms with Gasteiger partial charge >= 0.3 is 6.09 Å². The van der Waals surface area contributed by atoms with Gasteiger partial charge in [0.2, 0.25) is 0 Å². The van der Waals surface area contributed by atoms with Gasteiger partial charge in [-0.15, -0.1) is 0 Å². The second-order valence-corrected chi connectivity index (χ2v) is 3.19. The molecule has 1 aromatic carbocycles. The number of amides is 1. The molecule has 0 aliphatic heterocycles. The fourth-order valence-electron chi connectivity index (χ4n) is 1.23. The number of nitrogen functional groups attached to an aromatic ring is 1. The molecule has 0 fully saturated rings. The molecule has 0 aromatic heterocycles. The van der Waals surface area contributed by atoms with Gasteiger partial charge in [0.1, 0.15) is 6.10 Å². The standard InChI is InChI=1S/C10H14N2O2/c1-7(14-10(12)13)6-8-2-4-9(11)5-3-8/h2-5,7H,6,11H2,1H3,(H2,12,13). The first-order valence-electron chi connectivity index (χ1n) is 4.38. The fraction of sp³-hybridized carbons (Fsp3) is 0.300. The van der Waals surface area contributed by atoms with Crippen molar-refractivity contribution in [2.24, 2.45) is 5.73 Å². The normalized spacial score (nSPS) is 12.1. The van der Waals surface area contributed by atoms with Crippen molar-refractivity contribution in [3.63, 3.8) is 0 Å². The number of rotatable bonds is 3. The lowest BCUT2D eigenvalue weighted by atomic mass is 10.1. The number of ether oxygens (including phenoxy) is 1. The molecule has 1 unspecified atom stereocenters. The van der Waals surface area contributed by atoms with Crippen molar-refractivity contribution >= 4 is 11.8 Å². The molecule has 1 rings (SSSR count). The van der Waals surface area contributed by atoms with Gasteiger partial charge in [0, 0.05) is 12.1 Å². The van der Waals surface area contributed by atoms with E-state index < -0.39 is 6.09 Å². The lowest BCUT2D eigenvalue weighted by Gasteiger charge is -2.11.